The van der Waals surface area contributed by atoms with Gasteiger partial charge in [0.05, 0.1) is 16.3 Å². The molecule has 21 heavy (non-hydrogen) atoms. The zero-order valence-corrected chi connectivity index (χ0v) is 11.3. The van der Waals surface area contributed by atoms with Crippen molar-refractivity contribution >= 4 is 35.1 Å². The van der Waals surface area contributed by atoms with Gasteiger partial charge in [0.2, 0.25) is 5.91 Å². The summed E-state index contributed by atoms with van der Waals surface area (Å²) >= 11 is 0. The summed E-state index contributed by atoms with van der Waals surface area (Å²) in [5.74, 6) is -0.187. The molecule has 0 radical (unpaired) electrons. The molecule has 0 aliphatic carbocycles. The summed E-state index contributed by atoms with van der Waals surface area (Å²) in [4.78, 5) is 24.1. The second-order valence-electron chi connectivity index (χ2n) is 4.75. The van der Waals surface area contributed by atoms with Crippen LogP contribution in [-0.4, -0.2) is 10.8 Å². The van der Waals surface area contributed by atoms with Gasteiger partial charge in [-0.1, -0.05) is 30.4 Å². The van der Waals surface area contributed by atoms with Crippen molar-refractivity contribution in [2.24, 2.45) is 0 Å². The van der Waals surface area contributed by atoms with Crippen LogP contribution >= 0.6 is 0 Å². The average Bonchev–Trinajstić information content (AvgIpc) is 2.62. The number of nitro groups is 1. The Balaban J connectivity index is 2.28. The lowest BCUT2D eigenvalue weighted by molar-refractivity contribution is -0.384. The summed E-state index contributed by atoms with van der Waals surface area (Å²) in [6.45, 7) is 1.45. The van der Waals surface area contributed by atoms with Crippen molar-refractivity contribution in [1.29, 1.82) is 0 Å². The molecule has 0 unspecified atom stereocenters. The van der Waals surface area contributed by atoms with Crippen molar-refractivity contribution in [2.75, 3.05) is 4.90 Å². The molecule has 5 heteroatoms. The summed E-state index contributed by atoms with van der Waals surface area (Å²) in [6.07, 6.45) is 3.77. The van der Waals surface area contributed by atoms with E-state index in [0.717, 1.165) is 16.8 Å². The van der Waals surface area contributed by atoms with Crippen molar-refractivity contribution in [1.82, 2.24) is 0 Å². The first-order valence-corrected chi connectivity index (χ1v) is 6.44. The summed E-state index contributed by atoms with van der Waals surface area (Å²) in [6, 6.07) is 12.0. The second-order valence-corrected chi connectivity index (χ2v) is 4.75. The number of nitrogens with zero attached hydrogens (tertiary/aromatic N) is 2. The first-order valence-electron chi connectivity index (χ1n) is 6.44. The van der Waals surface area contributed by atoms with Crippen LogP contribution in [0.15, 0.2) is 42.5 Å². The highest BCUT2D eigenvalue weighted by atomic mass is 16.6. The SMILES string of the molecule is CC(=O)N1c2ccccc2C=Cc2ccc([N+](=O)[O-])cc21. The molecule has 0 spiro atoms. The van der Waals surface area contributed by atoms with Gasteiger partial charge in [-0.05, 0) is 23.3 Å². The fraction of sp³-hybridized carbons (Fsp3) is 0.0625. The highest BCUT2D eigenvalue weighted by molar-refractivity contribution is 6.05. The van der Waals surface area contributed by atoms with Gasteiger partial charge in [0.25, 0.3) is 5.69 Å². The molecule has 0 fully saturated rings. The molecule has 1 amide bonds. The topological polar surface area (TPSA) is 63.5 Å². The van der Waals surface area contributed by atoms with Gasteiger partial charge in [-0.15, -0.1) is 0 Å². The van der Waals surface area contributed by atoms with E-state index in [1.165, 1.54) is 24.0 Å². The fourth-order valence-corrected chi connectivity index (χ4v) is 2.46. The summed E-state index contributed by atoms with van der Waals surface area (Å²) in [5.41, 5.74) is 2.88. The fourth-order valence-electron chi connectivity index (χ4n) is 2.46. The normalized spacial score (nSPS) is 12.3. The quantitative estimate of drug-likeness (QED) is 0.590. The van der Waals surface area contributed by atoms with Crippen LogP contribution in [0.2, 0.25) is 0 Å². The standard InChI is InChI=1S/C16H12N2O3/c1-11(19)17-15-5-3-2-4-12(15)6-7-13-8-9-14(18(20)21)10-16(13)17/h2-10H,1H3. The van der Waals surface area contributed by atoms with Crippen LogP contribution in [0.4, 0.5) is 17.1 Å². The van der Waals surface area contributed by atoms with E-state index in [2.05, 4.69) is 0 Å². The molecule has 1 heterocycles. The summed E-state index contributed by atoms with van der Waals surface area (Å²) in [5, 5.41) is 11.0. The number of hydrogen-bond donors (Lipinski definition) is 0. The number of carbonyl (C=O) groups is 1. The highest BCUT2D eigenvalue weighted by Gasteiger charge is 2.23. The Morgan fingerprint density at radius 3 is 2.38 bits per heavy atom. The zero-order valence-electron chi connectivity index (χ0n) is 11.3. The lowest BCUT2D eigenvalue weighted by atomic mass is 10.1. The number of nitro benzene ring substituents is 1. The van der Waals surface area contributed by atoms with Crippen LogP contribution in [0.3, 0.4) is 0 Å². The number of hydrogen-bond acceptors (Lipinski definition) is 3. The Hall–Kier alpha value is -2.95. The zero-order chi connectivity index (χ0) is 15.0. The van der Waals surface area contributed by atoms with E-state index in [9.17, 15) is 14.9 Å². The molecular weight excluding hydrogens is 268 g/mol. The Bertz CT molecular complexity index is 781. The van der Waals surface area contributed by atoms with Crippen LogP contribution in [0.25, 0.3) is 12.2 Å². The predicted octanol–water partition coefficient (Wildman–Crippen LogP) is 3.76. The molecule has 3 rings (SSSR count). The van der Waals surface area contributed by atoms with Crippen LogP contribution in [0.1, 0.15) is 18.1 Å². The van der Waals surface area contributed by atoms with Crippen LogP contribution in [0, 0.1) is 10.1 Å². The molecule has 0 bridgehead atoms. The molecule has 104 valence electrons. The van der Waals surface area contributed by atoms with E-state index in [1.807, 2.05) is 36.4 Å². The molecule has 2 aromatic carbocycles. The molecule has 5 nitrogen and oxygen atoms in total. The molecule has 1 aliphatic heterocycles. The number of amides is 1. The monoisotopic (exact) mass is 280 g/mol. The van der Waals surface area contributed by atoms with Gasteiger partial charge in [-0.25, -0.2) is 0 Å². The minimum absolute atomic E-state index is 0.0345. The largest absolute Gasteiger partial charge is 0.280 e. The van der Waals surface area contributed by atoms with Crippen LogP contribution in [-0.2, 0) is 4.79 Å². The number of benzene rings is 2. The summed E-state index contributed by atoms with van der Waals surface area (Å²) in [7, 11) is 0. The van der Waals surface area contributed by atoms with Gasteiger partial charge in [-0.3, -0.25) is 19.8 Å². The molecule has 1 aliphatic rings. The van der Waals surface area contributed by atoms with Gasteiger partial charge in [-0.2, -0.15) is 0 Å². The first-order chi connectivity index (χ1) is 10.1. The minimum atomic E-state index is -0.459. The molecule has 0 aromatic heterocycles. The van der Waals surface area contributed by atoms with E-state index in [1.54, 1.807) is 6.07 Å². The van der Waals surface area contributed by atoms with Crippen molar-refractivity contribution in [2.45, 2.75) is 6.92 Å². The Labute approximate surface area is 121 Å². The van der Waals surface area contributed by atoms with Crippen molar-refractivity contribution in [3.8, 4) is 0 Å². The third kappa shape index (κ3) is 2.18. The maximum absolute atomic E-state index is 12.1. The van der Waals surface area contributed by atoms with E-state index in [-0.39, 0.29) is 11.6 Å². The highest BCUT2D eigenvalue weighted by Crippen LogP contribution is 2.38. The second kappa shape index (κ2) is 4.86. The lowest BCUT2D eigenvalue weighted by Crippen LogP contribution is -2.23. The molecule has 0 atom stereocenters. The van der Waals surface area contributed by atoms with Gasteiger partial charge in [0.15, 0.2) is 0 Å². The third-order valence-electron chi connectivity index (χ3n) is 3.40. The van der Waals surface area contributed by atoms with Gasteiger partial charge >= 0.3 is 0 Å². The minimum Gasteiger partial charge on any atom is -0.280 e. The van der Waals surface area contributed by atoms with Crippen molar-refractivity contribution in [3.63, 3.8) is 0 Å². The van der Waals surface area contributed by atoms with Gasteiger partial charge in [0.1, 0.15) is 0 Å². The Kier molecular flexibility index (Phi) is 3.02. The van der Waals surface area contributed by atoms with E-state index in [4.69, 9.17) is 0 Å². The number of carbonyl (C=O) groups excluding carboxylic acids is 1. The maximum Gasteiger partial charge on any atom is 0.271 e. The smallest absolute Gasteiger partial charge is 0.271 e. The Morgan fingerprint density at radius 2 is 1.71 bits per heavy atom. The van der Waals surface area contributed by atoms with E-state index >= 15 is 0 Å². The third-order valence-corrected chi connectivity index (χ3v) is 3.40. The van der Waals surface area contributed by atoms with Crippen LogP contribution in [0.5, 0.6) is 0 Å². The number of fused-ring (bicyclic) bond motifs is 2. The van der Waals surface area contributed by atoms with E-state index in [0.29, 0.717) is 5.69 Å². The number of rotatable bonds is 1. The lowest BCUT2D eigenvalue weighted by Gasteiger charge is -2.23. The first kappa shape index (κ1) is 13.1. The van der Waals surface area contributed by atoms with Crippen molar-refractivity contribution < 1.29 is 9.72 Å². The van der Waals surface area contributed by atoms with Crippen LogP contribution < -0.4 is 4.90 Å². The maximum atomic E-state index is 12.1. The summed E-state index contributed by atoms with van der Waals surface area (Å²) < 4.78 is 0. The number of anilines is 2. The predicted molar refractivity (Wildman–Crippen MR) is 81.3 cm³/mol. The molecule has 0 N–H and O–H groups in total. The van der Waals surface area contributed by atoms with Crippen molar-refractivity contribution in [3.05, 3.63) is 63.7 Å². The molecule has 2 aromatic rings. The van der Waals surface area contributed by atoms with Gasteiger partial charge in [0, 0.05) is 19.1 Å². The Morgan fingerprint density at radius 1 is 1.05 bits per heavy atom. The average molecular weight is 280 g/mol. The van der Waals surface area contributed by atoms with Gasteiger partial charge < -0.3 is 0 Å². The molecule has 0 saturated carbocycles. The number of non-ortho nitro benzene ring substituents is 1. The van der Waals surface area contributed by atoms with E-state index < -0.39 is 4.92 Å². The molecular formula is C16H12N2O3. The number of para-hydroxylation sites is 1. The molecule has 0 saturated heterocycles.